The molecular formula is C16H20O3. The van der Waals surface area contributed by atoms with Crippen molar-refractivity contribution < 1.29 is 14.6 Å². The highest BCUT2D eigenvalue weighted by atomic mass is 16.5. The van der Waals surface area contributed by atoms with E-state index in [1.165, 1.54) is 5.39 Å². The fourth-order valence-corrected chi connectivity index (χ4v) is 2.05. The minimum Gasteiger partial charge on any atom is -0.386 e. The largest absolute Gasteiger partial charge is 0.386 e. The lowest BCUT2D eigenvalue weighted by atomic mass is 10.0. The van der Waals surface area contributed by atoms with Crippen molar-refractivity contribution in [2.75, 3.05) is 20.3 Å². The van der Waals surface area contributed by atoms with E-state index in [-0.39, 0.29) is 12.7 Å². The quantitative estimate of drug-likeness (QED) is 0.868. The minimum atomic E-state index is -0.607. The fourth-order valence-electron chi connectivity index (χ4n) is 2.05. The van der Waals surface area contributed by atoms with E-state index >= 15 is 0 Å². The zero-order chi connectivity index (χ0) is 13.7. The third-order valence-electron chi connectivity index (χ3n) is 3.10. The SMILES string of the molecule is COCC(C)OCC(O)c1ccc2ccccc2c1. The molecule has 0 radical (unpaired) electrons. The van der Waals surface area contributed by atoms with Gasteiger partial charge in [-0.3, -0.25) is 0 Å². The molecule has 0 aliphatic carbocycles. The average molecular weight is 260 g/mol. The summed E-state index contributed by atoms with van der Waals surface area (Å²) >= 11 is 0. The Morgan fingerprint density at radius 2 is 1.79 bits per heavy atom. The van der Waals surface area contributed by atoms with Crippen molar-refractivity contribution >= 4 is 10.8 Å². The molecule has 0 aliphatic rings. The van der Waals surface area contributed by atoms with E-state index in [0.29, 0.717) is 6.61 Å². The smallest absolute Gasteiger partial charge is 0.102 e. The van der Waals surface area contributed by atoms with Crippen molar-refractivity contribution in [3.8, 4) is 0 Å². The first-order valence-electron chi connectivity index (χ1n) is 6.48. The molecule has 19 heavy (non-hydrogen) atoms. The lowest BCUT2D eigenvalue weighted by Crippen LogP contribution is -2.18. The van der Waals surface area contributed by atoms with Crippen LogP contribution in [0.4, 0.5) is 0 Å². The Hall–Kier alpha value is -1.42. The van der Waals surface area contributed by atoms with E-state index in [4.69, 9.17) is 9.47 Å². The molecule has 0 amide bonds. The molecule has 0 bridgehead atoms. The second-order valence-corrected chi connectivity index (χ2v) is 4.72. The second kappa shape index (κ2) is 6.66. The lowest BCUT2D eigenvalue weighted by Gasteiger charge is -2.16. The summed E-state index contributed by atoms with van der Waals surface area (Å²) in [4.78, 5) is 0. The molecule has 2 atom stereocenters. The molecule has 0 heterocycles. The second-order valence-electron chi connectivity index (χ2n) is 4.72. The summed E-state index contributed by atoms with van der Waals surface area (Å²) in [5, 5.41) is 12.4. The molecule has 2 rings (SSSR count). The molecule has 0 saturated heterocycles. The van der Waals surface area contributed by atoms with Crippen LogP contribution in [0.25, 0.3) is 10.8 Å². The standard InChI is InChI=1S/C16H20O3/c1-12(10-18-2)19-11-16(17)15-8-7-13-5-3-4-6-14(13)9-15/h3-9,12,16-17H,10-11H2,1-2H3. The highest BCUT2D eigenvalue weighted by molar-refractivity contribution is 5.83. The van der Waals surface area contributed by atoms with Gasteiger partial charge in [0, 0.05) is 7.11 Å². The van der Waals surface area contributed by atoms with Crippen molar-refractivity contribution in [1.29, 1.82) is 0 Å². The molecule has 2 unspecified atom stereocenters. The molecule has 3 heteroatoms. The number of fused-ring (bicyclic) bond motifs is 1. The van der Waals surface area contributed by atoms with Gasteiger partial charge in [0.2, 0.25) is 0 Å². The Morgan fingerprint density at radius 1 is 1.05 bits per heavy atom. The molecule has 0 spiro atoms. The van der Waals surface area contributed by atoms with Gasteiger partial charge in [-0.2, -0.15) is 0 Å². The summed E-state index contributed by atoms with van der Waals surface area (Å²) in [6.45, 7) is 2.74. The summed E-state index contributed by atoms with van der Waals surface area (Å²) in [5.74, 6) is 0. The molecule has 2 aromatic carbocycles. The van der Waals surface area contributed by atoms with Crippen molar-refractivity contribution in [2.24, 2.45) is 0 Å². The average Bonchev–Trinajstić information content (AvgIpc) is 2.44. The lowest BCUT2D eigenvalue weighted by molar-refractivity contribution is -0.0325. The zero-order valence-corrected chi connectivity index (χ0v) is 11.4. The Morgan fingerprint density at radius 3 is 2.53 bits per heavy atom. The predicted octanol–water partition coefficient (Wildman–Crippen LogP) is 2.92. The van der Waals surface area contributed by atoms with Gasteiger partial charge in [-0.1, -0.05) is 36.4 Å². The summed E-state index contributed by atoms with van der Waals surface area (Å²) in [6, 6.07) is 14.1. The maximum absolute atomic E-state index is 10.1. The maximum atomic E-state index is 10.1. The Kier molecular flexibility index (Phi) is 4.91. The van der Waals surface area contributed by atoms with Crippen LogP contribution in [0.2, 0.25) is 0 Å². The van der Waals surface area contributed by atoms with E-state index in [9.17, 15) is 5.11 Å². The van der Waals surface area contributed by atoms with Gasteiger partial charge in [-0.25, -0.2) is 0 Å². The minimum absolute atomic E-state index is 0.0138. The van der Waals surface area contributed by atoms with Crippen molar-refractivity contribution in [2.45, 2.75) is 19.1 Å². The molecule has 102 valence electrons. The molecular weight excluding hydrogens is 240 g/mol. The Labute approximate surface area is 113 Å². The van der Waals surface area contributed by atoms with Crippen LogP contribution in [0, 0.1) is 0 Å². The van der Waals surface area contributed by atoms with Gasteiger partial charge in [0.1, 0.15) is 6.10 Å². The van der Waals surface area contributed by atoms with Crippen LogP contribution in [0.5, 0.6) is 0 Å². The van der Waals surface area contributed by atoms with E-state index in [2.05, 4.69) is 6.07 Å². The van der Waals surface area contributed by atoms with E-state index in [1.807, 2.05) is 43.3 Å². The third-order valence-corrected chi connectivity index (χ3v) is 3.10. The monoisotopic (exact) mass is 260 g/mol. The summed E-state index contributed by atoms with van der Waals surface area (Å²) < 4.78 is 10.5. The zero-order valence-electron chi connectivity index (χ0n) is 11.4. The van der Waals surface area contributed by atoms with Crippen LogP contribution in [-0.4, -0.2) is 31.5 Å². The van der Waals surface area contributed by atoms with Crippen LogP contribution in [-0.2, 0) is 9.47 Å². The topological polar surface area (TPSA) is 38.7 Å². The molecule has 1 N–H and O–H groups in total. The number of methoxy groups -OCH3 is 1. The van der Waals surface area contributed by atoms with Crippen molar-refractivity contribution in [3.05, 3.63) is 48.0 Å². The van der Waals surface area contributed by atoms with E-state index in [0.717, 1.165) is 10.9 Å². The third kappa shape index (κ3) is 3.77. The summed E-state index contributed by atoms with van der Waals surface area (Å²) in [5.41, 5.74) is 0.878. The number of rotatable bonds is 6. The van der Waals surface area contributed by atoms with Gasteiger partial charge in [-0.15, -0.1) is 0 Å². The normalized spacial score (nSPS) is 14.5. The fraction of sp³-hybridized carbons (Fsp3) is 0.375. The van der Waals surface area contributed by atoms with E-state index < -0.39 is 6.10 Å². The first kappa shape index (κ1) is 14.0. The van der Waals surface area contributed by atoms with Crippen LogP contribution in [0.15, 0.2) is 42.5 Å². The Balaban J connectivity index is 2.02. The van der Waals surface area contributed by atoms with Gasteiger partial charge >= 0.3 is 0 Å². The summed E-state index contributed by atoms with van der Waals surface area (Å²) in [7, 11) is 1.64. The first-order valence-corrected chi connectivity index (χ1v) is 6.48. The molecule has 0 saturated carbocycles. The van der Waals surface area contributed by atoms with E-state index in [1.54, 1.807) is 7.11 Å². The van der Waals surface area contributed by atoms with Crippen LogP contribution >= 0.6 is 0 Å². The first-order chi connectivity index (χ1) is 9.20. The van der Waals surface area contributed by atoms with Crippen molar-refractivity contribution in [1.82, 2.24) is 0 Å². The molecule has 0 aromatic heterocycles. The number of benzene rings is 2. The molecule has 2 aromatic rings. The highest BCUT2D eigenvalue weighted by Gasteiger charge is 2.10. The van der Waals surface area contributed by atoms with Crippen LogP contribution < -0.4 is 0 Å². The van der Waals surface area contributed by atoms with Gasteiger partial charge in [-0.05, 0) is 29.3 Å². The predicted molar refractivity (Wildman–Crippen MR) is 76.2 cm³/mol. The number of ether oxygens (including phenoxy) is 2. The molecule has 0 aliphatic heterocycles. The van der Waals surface area contributed by atoms with Gasteiger partial charge < -0.3 is 14.6 Å². The number of hydrogen-bond donors (Lipinski definition) is 1. The molecule has 0 fully saturated rings. The van der Waals surface area contributed by atoms with Gasteiger partial charge in [0.25, 0.3) is 0 Å². The summed E-state index contributed by atoms with van der Waals surface area (Å²) in [6.07, 6.45) is -0.621. The number of aliphatic hydroxyl groups excluding tert-OH is 1. The van der Waals surface area contributed by atoms with Gasteiger partial charge in [0.05, 0.1) is 19.3 Å². The highest BCUT2D eigenvalue weighted by Crippen LogP contribution is 2.20. The van der Waals surface area contributed by atoms with Gasteiger partial charge in [0.15, 0.2) is 0 Å². The number of aliphatic hydroxyl groups is 1. The van der Waals surface area contributed by atoms with Crippen LogP contribution in [0.3, 0.4) is 0 Å². The van der Waals surface area contributed by atoms with Crippen molar-refractivity contribution in [3.63, 3.8) is 0 Å². The van der Waals surface area contributed by atoms with Crippen LogP contribution in [0.1, 0.15) is 18.6 Å². The number of hydrogen-bond acceptors (Lipinski definition) is 3. The maximum Gasteiger partial charge on any atom is 0.102 e. The molecule has 3 nitrogen and oxygen atoms in total. The Bertz CT molecular complexity index is 524.